The average molecular weight is 643 g/mol. The molecule has 256 valence electrons. The van der Waals surface area contributed by atoms with Gasteiger partial charge in [0, 0.05) is 24.4 Å². The minimum atomic E-state index is 0. The normalized spacial score (nSPS) is 10.8. The number of rotatable bonds is 32. The van der Waals surface area contributed by atoms with Gasteiger partial charge in [0.15, 0.2) is 12.4 Å². The van der Waals surface area contributed by atoms with E-state index < -0.39 is 0 Å². The number of nitrogens with zero attached hydrogens (tertiary/aromatic N) is 1. The van der Waals surface area contributed by atoms with E-state index in [-0.39, 0.29) is 12.4 Å². The lowest BCUT2D eigenvalue weighted by Crippen LogP contribution is -3.00. The van der Waals surface area contributed by atoms with Gasteiger partial charge in [-0.15, -0.1) is 11.6 Å². The van der Waals surface area contributed by atoms with Gasteiger partial charge in [-0.1, -0.05) is 200 Å². The monoisotopic (exact) mass is 642 g/mol. The van der Waals surface area contributed by atoms with Gasteiger partial charge in [0.1, 0.15) is 6.54 Å². The van der Waals surface area contributed by atoms with E-state index in [1.165, 1.54) is 206 Å². The molecule has 0 unspecified atom stereocenters. The molecule has 43 heavy (non-hydrogen) atoms. The maximum Gasteiger partial charge on any atom is 0.168 e. The highest BCUT2D eigenvalue weighted by atomic mass is 35.5. The fraction of sp³-hybridized carbons (Fsp3) is 0.875. The first-order valence-corrected chi connectivity index (χ1v) is 19.9. The van der Waals surface area contributed by atoms with Crippen LogP contribution in [0.15, 0.2) is 30.6 Å². The number of pyridine rings is 1. The lowest BCUT2D eigenvalue weighted by molar-refractivity contribution is -0.697. The number of hydrogen-bond acceptors (Lipinski definition) is 0. The molecule has 1 heterocycles. The maximum atomic E-state index is 5.67. The number of hydrogen-bond donors (Lipinski definition) is 0. The Hall–Kier alpha value is -0.270. The molecule has 0 aromatic carbocycles. The molecule has 0 aliphatic rings. The van der Waals surface area contributed by atoms with E-state index in [1.54, 1.807) is 0 Å². The van der Waals surface area contributed by atoms with E-state index in [0.29, 0.717) is 0 Å². The van der Waals surface area contributed by atoms with Gasteiger partial charge in [-0.25, -0.2) is 4.57 Å². The van der Waals surface area contributed by atoms with E-state index in [2.05, 4.69) is 49.0 Å². The molecule has 3 heteroatoms. The highest BCUT2D eigenvalue weighted by Gasteiger charge is 1.98. The van der Waals surface area contributed by atoms with Crippen LogP contribution in [0.25, 0.3) is 0 Å². The van der Waals surface area contributed by atoms with Crippen LogP contribution in [0.1, 0.15) is 213 Å². The fourth-order valence-corrected chi connectivity index (χ4v) is 6.08. The standard InChI is InChI=1S/C21H38N.C19H39Cl.ClH/c1-2-3-4-5-6-7-8-9-10-11-12-13-14-16-19-22-20-17-15-18-21-22;1-2-3-4-5-6-7-8-9-10-11-12-13-14-15-16-17-18-19-20;/h15,17-18,20-21H,2-14,16,19H2,1H3;2-19H2,1H3;1H/q+1;;/p-1. The predicted octanol–water partition coefficient (Wildman–Crippen LogP) is 11.3. The quantitative estimate of drug-likeness (QED) is 0.0418. The molecule has 1 aromatic heterocycles. The molecule has 0 atom stereocenters. The smallest absolute Gasteiger partial charge is 0.168 e. The van der Waals surface area contributed by atoms with Crippen LogP contribution in [-0.2, 0) is 6.54 Å². The summed E-state index contributed by atoms with van der Waals surface area (Å²) in [5.74, 6) is 0.846. The maximum absolute atomic E-state index is 5.67. The highest BCUT2D eigenvalue weighted by molar-refractivity contribution is 6.17. The second kappa shape index (κ2) is 41.7. The number of aryl methyl sites for hydroxylation is 1. The SMILES string of the molecule is CCCCCCCCCCCCCCCCCCCCl.CCCCCCCCCCCCCCCC[n+]1ccccc1.[Cl-]. The van der Waals surface area contributed by atoms with Gasteiger partial charge in [-0.3, -0.25) is 0 Å². The Morgan fingerprint density at radius 1 is 0.349 bits per heavy atom. The number of alkyl halides is 1. The van der Waals surface area contributed by atoms with E-state index in [9.17, 15) is 0 Å². The third-order valence-electron chi connectivity index (χ3n) is 8.78. The summed E-state index contributed by atoms with van der Waals surface area (Å²) < 4.78 is 2.29. The predicted molar refractivity (Wildman–Crippen MR) is 192 cm³/mol. The molecule has 0 radical (unpaired) electrons. The molecular weight excluding hydrogens is 565 g/mol. The summed E-state index contributed by atoms with van der Waals surface area (Å²) in [6.07, 6.45) is 48.7. The van der Waals surface area contributed by atoms with Gasteiger partial charge in [0.05, 0.1) is 0 Å². The average Bonchev–Trinajstić information content (AvgIpc) is 3.02. The minimum absolute atomic E-state index is 0. The van der Waals surface area contributed by atoms with Crippen LogP contribution in [0.3, 0.4) is 0 Å². The van der Waals surface area contributed by atoms with Crippen molar-refractivity contribution in [2.24, 2.45) is 0 Å². The second-order valence-electron chi connectivity index (χ2n) is 13.1. The van der Waals surface area contributed by atoms with Crippen LogP contribution in [0.4, 0.5) is 0 Å². The Kier molecular flexibility index (Phi) is 43.5. The zero-order valence-electron chi connectivity index (χ0n) is 29.4. The van der Waals surface area contributed by atoms with Crippen LogP contribution in [-0.4, -0.2) is 5.88 Å². The Morgan fingerprint density at radius 3 is 0.884 bits per heavy atom. The van der Waals surface area contributed by atoms with Crippen LogP contribution in [0.5, 0.6) is 0 Å². The molecule has 0 bridgehead atoms. The Morgan fingerprint density at radius 2 is 0.605 bits per heavy atom. The van der Waals surface area contributed by atoms with Crippen molar-refractivity contribution in [1.82, 2.24) is 0 Å². The van der Waals surface area contributed by atoms with Gasteiger partial charge in [0.2, 0.25) is 0 Å². The third kappa shape index (κ3) is 39.7. The Labute approximate surface area is 283 Å². The molecule has 0 saturated heterocycles. The minimum Gasteiger partial charge on any atom is -1.00 e. The molecule has 0 saturated carbocycles. The van der Waals surface area contributed by atoms with Crippen molar-refractivity contribution in [3.05, 3.63) is 30.6 Å². The number of unbranched alkanes of at least 4 members (excludes halogenated alkanes) is 29. The summed E-state index contributed by atoms with van der Waals surface area (Å²) >= 11 is 5.67. The first-order chi connectivity index (χ1) is 20.8. The molecule has 0 amide bonds. The van der Waals surface area contributed by atoms with Gasteiger partial charge >= 0.3 is 0 Å². The van der Waals surface area contributed by atoms with E-state index in [4.69, 9.17) is 11.6 Å². The van der Waals surface area contributed by atoms with Gasteiger partial charge in [-0.2, -0.15) is 0 Å². The number of aromatic nitrogens is 1. The lowest BCUT2D eigenvalue weighted by Gasteiger charge is -2.03. The van der Waals surface area contributed by atoms with E-state index >= 15 is 0 Å². The summed E-state index contributed by atoms with van der Waals surface area (Å²) in [5.41, 5.74) is 0. The Bertz CT molecular complexity index is 561. The van der Waals surface area contributed by atoms with E-state index in [1.807, 2.05) is 0 Å². The van der Waals surface area contributed by atoms with E-state index in [0.717, 1.165) is 5.88 Å². The Balaban J connectivity index is 0. The first-order valence-electron chi connectivity index (χ1n) is 19.3. The summed E-state index contributed by atoms with van der Waals surface area (Å²) in [7, 11) is 0. The molecule has 0 N–H and O–H groups in total. The zero-order valence-corrected chi connectivity index (χ0v) is 30.9. The fourth-order valence-electron chi connectivity index (χ4n) is 5.89. The second-order valence-corrected chi connectivity index (χ2v) is 13.4. The van der Waals surface area contributed by atoms with Crippen molar-refractivity contribution in [2.75, 3.05) is 5.88 Å². The van der Waals surface area contributed by atoms with Crippen molar-refractivity contribution in [3.8, 4) is 0 Å². The van der Waals surface area contributed by atoms with Crippen molar-refractivity contribution in [1.29, 1.82) is 0 Å². The van der Waals surface area contributed by atoms with Gasteiger partial charge in [-0.05, 0) is 12.8 Å². The molecular formula is C40H77Cl2N. The lowest BCUT2D eigenvalue weighted by atomic mass is 10.0. The zero-order chi connectivity index (χ0) is 30.4. The van der Waals surface area contributed by atoms with Crippen molar-refractivity contribution in [3.63, 3.8) is 0 Å². The summed E-state index contributed by atoms with van der Waals surface area (Å²) in [6, 6.07) is 6.31. The third-order valence-corrected chi connectivity index (χ3v) is 9.05. The van der Waals surface area contributed by atoms with Crippen molar-refractivity contribution in [2.45, 2.75) is 219 Å². The topological polar surface area (TPSA) is 3.88 Å². The van der Waals surface area contributed by atoms with Crippen LogP contribution < -0.4 is 17.0 Å². The van der Waals surface area contributed by atoms with Crippen LogP contribution >= 0.6 is 11.6 Å². The first kappa shape index (κ1) is 44.9. The molecule has 1 rings (SSSR count). The number of halogens is 2. The van der Waals surface area contributed by atoms with Gasteiger partial charge in [0.25, 0.3) is 0 Å². The summed E-state index contributed by atoms with van der Waals surface area (Å²) in [6.45, 7) is 5.76. The molecule has 1 aromatic rings. The molecule has 0 aliphatic carbocycles. The van der Waals surface area contributed by atoms with Crippen LogP contribution in [0, 0.1) is 0 Å². The van der Waals surface area contributed by atoms with Crippen LogP contribution in [0.2, 0.25) is 0 Å². The van der Waals surface area contributed by atoms with Crippen molar-refractivity contribution < 1.29 is 17.0 Å². The molecule has 0 aliphatic heterocycles. The molecule has 0 fully saturated rings. The van der Waals surface area contributed by atoms with Gasteiger partial charge < -0.3 is 12.4 Å². The molecule has 1 nitrogen and oxygen atoms in total. The summed E-state index contributed by atoms with van der Waals surface area (Å²) in [4.78, 5) is 0. The highest BCUT2D eigenvalue weighted by Crippen LogP contribution is 2.15. The molecule has 0 spiro atoms. The van der Waals surface area contributed by atoms with Crippen molar-refractivity contribution >= 4 is 11.6 Å². The summed E-state index contributed by atoms with van der Waals surface area (Å²) in [5, 5.41) is 0. The largest absolute Gasteiger partial charge is 1.00 e.